The van der Waals surface area contributed by atoms with Crippen molar-refractivity contribution < 1.29 is 23.0 Å². The Kier molecular flexibility index (Phi) is 7.63. The Morgan fingerprint density at radius 3 is 2.39 bits per heavy atom. The predicted molar refractivity (Wildman–Crippen MR) is 107 cm³/mol. The van der Waals surface area contributed by atoms with Gasteiger partial charge in [-0.05, 0) is 47.7 Å². The summed E-state index contributed by atoms with van der Waals surface area (Å²) in [4.78, 5) is 12.0. The third-order valence-electron chi connectivity index (χ3n) is 3.97. The highest BCUT2D eigenvalue weighted by Gasteiger charge is 2.13. The van der Waals surface area contributed by atoms with Gasteiger partial charge in [-0.25, -0.2) is 0 Å². The molecule has 0 saturated carbocycles. The van der Waals surface area contributed by atoms with Gasteiger partial charge in [0.2, 0.25) is 5.91 Å². The summed E-state index contributed by atoms with van der Waals surface area (Å²) in [7, 11) is 0. The summed E-state index contributed by atoms with van der Waals surface area (Å²) in [5, 5.41) is 2.66. The molecule has 0 heterocycles. The van der Waals surface area contributed by atoms with Crippen molar-refractivity contribution in [2.24, 2.45) is 0 Å². The largest absolute Gasteiger partial charge is 0.494 e. The number of anilines is 1. The molecule has 4 nitrogen and oxygen atoms in total. The van der Waals surface area contributed by atoms with Crippen molar-refractivity contribution in [3.05, 3.63) is 53.1 Å². The van der Waals surface area contributed by atoms with Crippen LogP contribution in [0.3, 0.4) is 0 Å². The molecule has 0 bridgehead atoms. The molecule has 0 aliphatic carbocycles. The first kappa shape index (κ1) is 22.0. The van der Waals surface area contributed by atoms with Crippen LogP contribution < -0.4 is 14.8 Å². The van der Waals surface area contributed by atoms with Gasteiger partial charge in [0.15, 0.2) is 0 Å². The number of halogens is 3. The topological polar surface area (TPSA) is 47.6 Å². The number of amides is 1. The minimum atomic E-state index is -2.96. The van der Waals surface area contributed by atoms with Crippen LogP contribution >= 0.6 is 11.6 Å². The van der Waals surface area contributed by atoms with Crippen LogP contribution in [0.5, 0.6) is 11.5 Å². The molecular weight excluding hydrogens is 388 g/mol. The van der Waals surface area contributed by atoms with E-state index in [1.807, 2.05) is 24.3 Å². The average Bonchev–Trinajstić information content (AvgIpc) is 2.60. The highest BCUT2D eigenvalue weighted by Crippen LogP contribution is 2.29. The highest BCUT2D eigenvalue weighted by atomic mass is 35.5. The van der Waals surface area contributed by atoms with E-state index in [4.69, 9.17) is 16.3 Å². The second-order valence-electron chi connectivity index (χ2n) is 7.30. The summed E-state index contributed by atoms with van der Waals surface area (Å²) in [5.74, 6) is 0.403. The maximum absolute atomic E-state index is 12.2. The third-order valence-corrected chi connectivity index (χ3v) is 4.26. The van der Waals surface area contributed by atoms with Crippen LogP contribution in [0.1, 0.15) is 39.2 Å². The standard InChI is InChI=1S/C21H24ClF2NO3/c1-21(2,3)14-6-9-16(10-7-14)27-12-4-5-19(26)25-15-8-11-18(17(22)13-15)28-20(23)24/h6-11,13,20H,4-5,12H2,1-3H3,(H,25,26). The maximum Gasteiger partial charge on any atom is 0.387 e. The maximum atomic E-state index is 12.2. The van der Waals surface area contributed by atoms with Gasteiger partial charge in [-0.3, -0.25) is 4.79 Å². The van der Waals surface area contributed by atoms with Gasteiger partial charge in [-0.2, -0.15) is 8.78 Å². The second kappa shape index (κ2) is 9.73. The minimum Gasteiger partial charge on any atom is -0.494 e. The van der Waals surface area contributed by atoms with Crippen LogP contribution in [0.2, 0.25) is 5.02 Å². The third kappa shape index (κ3) is 7.00. The Balaban J connectivity index is 1.75. The van der Waals surface area contributed by atoms with Crippen LogP contribution in [0, 0.1) is 0 Å². The molecule has 0 unspecified atom stereocenters. The number of rotatable bonds is 8. The van der Waals surface area contributed by atoms with E-state index in [0.717, 1.165) is 5.75 Å². The van der Waals surface area contributed by atoms with E-state index in [-0.39, 0.29) is 28.5 Å². The van der Waals surface area contributed by atoms with Crippen molar-refractivity contribution in [2.75, 3.05) is 11.9 Å². The van der Waals surface area contributed by atoms with Crippen LogP contribution in [0.15, 0.2) is 42.5 Å². The lowest BCUT2D eigenvalue weighted by atomic mass is 9.87. The Bertz CT molecular complexity index is 789. The van der Waals surface area contributed by atoms with Gasteiger partial charge < -0.3 is 14.8 Å². The number of carbonyl (C=O) groups excluding carboxylic acids is 1. The Morgan fingerprint density at radius 2 is 1.82 bits per heavy atom. The first-order valence-corrected chi connectivity index (χ1v) is 9.30. The summed E-state index contributed by atoms with van der Waals surface area (Å²) < 4.78 is 34.3. The number of hydrogen-bond donors (Lipinski definition) is 1. The lowest BCUT2D eigenvalue weighted by molar-refractivity contribution is -0.116. The normalized spacial score (nSPS) is 11.4. The molecule has 2 aromatic rings. The number of benzene rings is 2. The lowest BCUT2D eigenvalue weighted by Crippen LogP contribution is -2.13. The molecule has 2 rings (SSSR count). The summed E-state index contributed by atoms with van der Waals surface area (Å²) in [6.45, 7) is 3.89. The highest BCUT2D eigenvalue weighted by molar-refractivity contribution is 6.32. The summed E-state index contributed by atoms with van der Waals surface area (Å²) in [6, 6.07) is 12.0. The first-order chi connectivity index (χ1) is 13.1. The van der Waals surface area contributed by atoms with Gasteiger partial charge in [0.25, 0.3) is 0 Å². The fraction of sp³-hybridized carbons (Fsp3) is 0.381. The second-order valence-corrected chi connectivity index (χ2v) is 7.71. The predicted octanol–water partition coefficient (Wildman–Crippen LogP) is 6.04. The summed E-state index contributed by atoms with van der Waals surface area (Å²) in [5.41, 5.74) is 1.72. The number of hydrogen-bond acceptors (Lipinski definition) is 3. The zero-order chi connectivity index (χ0) is 20.7. The minimum absolute atomic E-state index is 0.000127. The molecule has 0 aliphatic heterocycles. The zero-order valence-corrected chi connectivity index (χ0v) is 16.9. The van der Waals surface area contributed by atoms with E-state index in [1.54, 1.807) is 0 Å². The van der Waals surface area contributed by atoms with Crippen LogP contribution in [-0.2, 0) is 10.2 Å². The molecule has 1 N–H and O–H groups in total. The molecule has 0 saturated heterocycles. The Hall–Kier alpha value is -2.34. The van der Waals surface area contributed by atoms with Gasteiger partial charge in [0.1, 0.15) is 11.5 Å². The van der Waals surface area contributed by atoms with Crippen molar-refractivity contribution in [1.82, 2.24) is 0 Å². The van der Waals surface area contributed by atoms with Gasteiger partial charge in [0, 0.05) is 12.1 Å². The number of ether oxygens (including phenoxy) is 2. The van der Waals surface area contributed by atoms with Crippen LogP contribution in [-0.4, -0.2) is 19.1 Å². The number of alkyl halides is 2. The quantitative estimate of drug-likeness (QED) is 0.539. The number of nitrogens with one attached hydrogen (secondary N) is 1. The van der Waals surface area contributed by atoms with E-state index >= 15 is 0 Å². The molecule has 0 radical (unpaired) electrons. The lowest BCUT2D eigenvalue weighted by Gasteiger charge is -2.19. The van der Waals surface area contributed by atoms with Crippen molar-refractivity contribution in [3.63, 3.8) is 0 Å². The fourth-order valence-electron chi connectivity index (χ4n) is 2.47. The Labute approximate surface area is 168 Å². The van der Waals surface area contributed by atoms with E-state index in [2.05, 4.69) is 30.8 Å². The van der Waals surface area contributed by atoms with E-state index in [1.165, 1.54) is 23.8 Å². The molecule has 0 atom stereocenters. The van der Waals surface area contributed by atoms with Crippen molar-refractivity contribution in [1.29, 1.82) is 0 Å². The smallest absolute Gasteiger partial charge is 0.387 e. The summed E-state index contributed by atoms with van der Waals surface area (Å²) >= 11 is 5.86. The van der Waals surface area contributed by atoms with Crippen molar-refractivity contribution in [2.45, 2.75) is 45.6 Å². The monoisotopic (exact) mass is 411 g/mol. The molecule has 0 aliphatic rings. The Morgan fingerprint density at radius 1 is 1.14 bits per heavy atom. The molecule has 0 aromatic heterocycles. The number of carbonyl (C=O) groups is 1. The van der Waals surface area contributed by atoms with E-state index in [9.17, 15) is 13.6 Å². The van der Waals surface area contributed by atoms with Gasteiger partial charge in [-0.1, -0.05) is 44.5 Å². The molecule has 0 fully saturated rings. The van der Waals surface area contributed by atoms with Gasteiger partial charge >= 0.3 is 6.61 Å². The van der Waals surface area contributed by atoms with E-state index in [0.29, 0.717) is 18.7 Å². The molecule has 152 valence electrons. The van der Waals surface area contributed by atoms with E-state index < -0.39 is 6.61 Å². The molecule has 1 amide bonds. The van der Waals surface area contributed by atoms with Crippen molar-refractivity contribution >= 4 is 23.2 Å². The SMILES string of the molecule is CC(C)(C)c1ccc(OCCCC(=O)Nc2ccc(OC(F)F)c(Cl)c2)cc1. The molecule has 0 spiro atoms. The van der Waals surface area contributed by atoms with Crippen LogP contribution in [0.25, 0.3) is 0 Å². The van der Waals surface area contributed by atoms with Gasteiger partial charge in [-0.15, -0.1) is 0 Å². The summed E-state index contributed by atoms with van der Waals surface area (Å²) in [6.07, 6.45) is 0.792. The molecule has 7 heteroatoms. The van der Waals surface area contributed by atoms with Crippen LogP contribution in [0.4, 0.5) is 14.5 Å². The fourth-order valence-corrected chi connectivity index (χ4v) is 2.69. The van der Waals surface area contributed by atoms with Crippen molar-refractivity contribution in [3.8, 4) is 11.5 Å². The molecule has 28 heavy (non-hydrogen) atoms. The molecular formula is C21H24ClF2NO3. The van der Waals surface area contributed by atoms with Gasteiger partial charge in [0.05, 0.1) is 11.6 Å². The molecule has 2 aromatic carbocycles. The zero-order valence-electron chi connectivity index (χ0n) is 16.1. The average molecular weight is 412 g/mol. The first-order valence-electron chi connectivity index (χ1n) is 8.93.